The van der Waals surface area contributed by atoms with Crippen LogP contribution in [0.5, 0.6) is 0 Å². The fourth-order valence-corrected chi connectivity index (χ4v) is 3.44. The minimum absolute atomic E-state index is 0.474. The fraction of sp³-hybridized carbons (Fsp3) is 0.769. The van der Waals surface area contributed by atoms with Gasteiger partial charge in [-0.2, -0.15) is 0 Å². The van der Waals surface area contributed by atoms with E-state index in [1.807, 2.05) is 11.3 Å². The molecule has 0 aliphatic heterocycles. The SMILES string of the molecule is CC(C)NCc1nc2c(s1)CC(C)(C)CC2. The summed E-state index contributed by atoms with van der Waals surface area (Å²) in [6.07, 6.45) is 3.66. The van der Waals surface area contributed by atoms with E-state index in [1.54, 1.807) is 0 Å². The van der Waals surface area contributed by atoms with Gasteiger partial charge in [-0.25, -0.2) is 4.98 Å². The van der Waals surface area contributed by atoms with Gasteiger partial charge in [-0.3, -0.25) is 0 Å². The van der Waals surface area contributed by atoms with Gasteiger partial charge in [0, 0.05) is 17.5 Å². The van der Waals surface area contributed by atoms with Crippen molar-refractivity contribution in [1.82, 2.24) is 10.3 Å². The molecule has 0 aromatic carbocycles. The topological polar surface area (TPSA) is 24.9 Å². The number of aryl methyl sites for hydroxylation is 1. The maximum atomic E-state index is 4.74. The van der Waals surface area contributed by atoms with E-state index in [-0.39, 0.29) is 0 Å². The van der Waals surface area contributed by atoms with Gasteiger partial charge in [-0.15, -0.1) is 11.3 Å². The molecule has 0 fully saturated rings. The lowest BCUT2D eigenvalue weighted by molar-refractivity contribution is 0.316. The van der Waals surface area contributed by atoms with E-state index >= 15 is 0 Å². The molecule has 1 aliphatic carbocycles. The van der Waals surface area contributed by atoms with Gasteiger partial charge in [0.1, 0.15) is 5.01 Å². The molecule has 0 radical (unpaired) electrons. The van der Waals surface area contributed by atoms with Crippen molar-refractivity contribution in [2.75, 3.05) is 0 Å². The molecule has 0 unspecified atom stereocenters. The maximum Gasteiger partial charge on any atom is 0.107 e. The molecular weight excluding hydrogens is 216 g/mol. The maximum absolute atomic E-state index is 4.74. The number of thiazole rings is 1. The van der Waals surface area contributed by atoms with E-state index in [1.165, 1.54) is 34.8 Å². The standard InChI is InChI=1S/C13H22N2S/c1-9(2)14-8-12-15-10-5-6-13(3,4)7-11(10)16-12/h9,14H,5-8H2,1-4H3. The molecular formula is C13H22N2S. The molecule has 90 valence electrons. The molecule has 1 aromatic rings. The highest BCUT2D eigenvalue weighted by Gasteiger charge is 2.27. The fourth-order valence-electron chi connectivity index (χ4n) is 2.12. The molecule has 0 amide bonds. The summed E-state index contributed by atoms with van der Waals surface area (Å²) in [6, 6.07) is 0.539. The summed E-state index contributed by atoms with van der Waals surface area (Å²) in [5.41, 5.74) is 1.84. The molecule has 1 aliphatic rings. The zero-order chi connectivity index (χ0) is 11.8. The highest BCUT2D eigenvalue weighted by atomic mass is 32.1. The molecule has 2 rings (SSSR count). The quantitative estimate of drug-likeness (QED) is 0.875. The zero-order valence-electron chi connectivity index (χ0n) is 10.8. The van der Waals surface area contributed by atoms with Crippen molar-refractivity contribution >= 4 is 11.3 Å². The monoisotopic (exact) mass is 238 g/mol. The van der Waals surface area contributed by atoms with Crippen molar-refractivity contribution in [2.24, 2.45) is 5.41 Å². The molecule has 3 heteroatoms. The number of hydrogen-bond acceptors (Lipinski definition) is 3. The summed E-state index contributed by atoms with van der Waals surface area (Å²) in [6.45, 7) is 10.0. The number of hydrogen-bond donors (Lipinski definition) is 1. The second-order valence-electron chi connectivity index (χ2n) is 5.85. The Morgan fingerprint density at radius 2 is 2.19 bits per heavy atom. The van der Waals surface area contributed by atoms with Gasteiger partial charge in [0.05, 0.1) is 5.69 Å². The van der Waals surface area contributed by atoms with Crippen LogP contribution >= 0.6 is 11.3 Å². The van der Waals surface area contributed by atoms with E-state index in [0.29, 0.717) is 11.5 Å². The summed E-state index contributed by atoms with van der Waals surface area (Å²) in [4.78, 5) is 6.27. The number of aromatic nitrogens is 1. The van der Waals surface area contributed by atoms with Gasteiger partial charge in [0.15, 0.2) is 0 Å². The van der Waals surface area contributed by atoms with Crippen molar-refractivity contribution < 1.29 is 0 Å². The first-order chi connectivity index (χ1) is 7.46. The molecule has 0 atom stereocenters. The third-order valence-electron chi connectivity index (χ3n) is 3.16. The van der Waals surface area contributed by atoms with Crippen molar-refractivity contribution in [1.29, 1.82) is 0 Å². The normalized spacial score (nSPS) is 18.8. The molecule has 0 bridgehead atoms. The third kappa shape index (κ3) is 2.83. The molecule has 0 saturated heterocycles. The number of fused-ring (bicyclic) bond motifs is 1. The largest absolute Gasteiger partial charge is 0.308 e. The van der Waals surface area contributed by atoms with Crippen LogP contribution in [-0.2, 0) is 19.4 Å². The number of nitrogens with one attached hydrogen (secondary N) is 1. The first-order valence-electron chi connectivity index (χ1n) is 6.17. The Kier molecular flexibility index (Phi) is 3.36. The van der Waals surface area contributed by atoms with Crippen LogP contribution in [0.1, 0.15) is 49.7 Å². The molecule has 0 saturated carbocycles. The first kappa shape index (κ1) is 12.1. The van der Waals surface area contributed by atoms with Gasteiger partial charge >= 0.3 is 0 Å². The van der Waals surface area contributed by atoms with E-state index in [0.717, 1.165) is 6.54 Å². The van der Waals surface area contributed by atoms with Crippen LogP contribution in [-0.4, -0.2) is 11.0 Å². The smallest absolute Gasteiger partial charge is 0.107 e. The van der Waals surface area contributed by atoms with Crippen LogP contribution in [0.25, 0.3) is 0 Å². The molecule has 2 nitrogen and oxygen atoms in total. The second-order valence-corrected chi connectivity index (χ2v) is 7.02. The van der Waals surface area contributed by atoms with Crippen LogP contribution < -0.4 is 5.32 Å². The van der Waals surface area contributed by atoms with Gasteiger partial charge in [0.25, 0.3) is 0 Å². The van der Waals surface area contributed by atoms with Crippen molar-refractivity contribution in [2.45, 2.75) is 59.5 Å². The van der Waals surface area contributed by atoms with Crippen LogP contribution in [0.2, 0.25) is 0 Å². The second kappa shape index (κ2) is 4.46. The summed E-state index contributed by atoms with van der Waals surface area (Å²) < 4.78 is 0. The predicted molar refractivity (Wildman–Crippen MR) is 69.9 cm³/mol. The Morgan fingerprint density at radius 3 is 2.88 bits per heavy atom. The van der Waals surface area contributed by atoms with Crippen molar-refractivity contribution in [3.05, 3.63) is 15.6 Å². The lowest BCUT2D eigenvalue weighted by atomic mass is 9.79. The van der Waals surface area contributed by atoms with Crippen molar-refractivity contribution in [3.63, 3.8) is 0 Å². The van der Waals surface area contributed by atoms with Gasteiger partial charge in [-0.05, 0) is 24.7 Å². The highest BCUT2D eigenvalue weighted by molar-refractivity contribution is 7.11. The Bertz CT molecular complexity index is 366. The van der Waals surface area contributed by atoms with Gasteiger partial charge in [-0.1, -0.05) is 27.7 Å². The summed E-state index contributed by atoms with van der Waals surface area (Å²) in [7, 11) is 0. The third-order valence-corrected chi connectivity index (χ3v) is 4.26. The van der Waals surface area contributed by atoms with E-state index < -0.39 is 0 Å². The van der Waals surface area contributed by atoms with Crippen LogP contribution in [0.3, 0.4) is 0 Å². The van der Waals surface area contributed by atoms with Crippen LogP contribution in [0.15, 0.2) is 0 Å². The summed E-state index contributed by atoms with van der Waals surface area (Å²) in [5, 5.41) is 4.70. The minimum Gasteiger partial charge on any atom is -0.308 e. The van der Waals surface area contributed by atoms with E-state index in [4.69, 9.17) is 4.98 Å². The molecule has 1 N–H and O–H groups in total. The molecule has 16 heavy (non-hydrogen) atoms. The minimum atomic E-state index is 0.474. The summed E-state index contributed by atoms with van der Waals surface area (Å²) in [5.74, 6) is 0. The molecule has 1 heterocycles. The van der Waals surface area contributed by atoms with Crippen LogP contribution in [0.4, 0.5) is 0 Å². The summed E-state index contributed by atoms with van der Waals surface area (Å²) >= 11 is 1.91. The van der Waals surface area contributed by atoms with Gasteiger partial charge < -0.3 is 5.32 Å². The zero-order valence-corrected chi connectivity index (χ0v) is 11.6. The lowest BCUT2D eigenvalue weighted by Gasteiger charge is -2.28. The average molecular weight is 238 g/mol. The predicted octanol–water partition coefficient (Wildman–Crippen LogP) is 3.16. The Labute approximate surface area is 102 Å². The lowest BCUT2D eigenvalue weighted by Crippen LogP contribution is -2.21. The van der Waals surface area contributed by atoms with E-state index in [9.17, 15) is 0 Å². The number of rotatable bonds is 3. The highest BCUT2D eigenvalue weighted by Crippen LogP contribution is 2.37. The Hall–Kier alpha value is -0.410. The first-order valence-corrected chi connectivity index (χ1v) is 6.99. The van der Waals surface area contributed by atoms with Crippen LogP contribution in [0, 0.1) is 5.41 Å². The Morgan fingerprint density at radius 1 is 1.44 bits per heavy atom. The van der Waals surface area contributed by atoms with Crippen molar-refractivity contribution in [3.8, 4) is 0 Å². The van der Waals surface area contributed by atoms with Gasteiger partial charge in [0.2, 0.25) is 0 Å². The Balaban J connectivity index is 2.07. The molecule has 1 aromatic heterocycles. The molecule has 0 spiro atoms. The van der Waals surface area contributed by atoms with E-state index in [2.05, 4.69) is 33.0 Å². The average Bonchev–Trinajstić information content (AvgIpc) is 2.55. The number of nitrogens with zero attached hydrogens (tertiary/aromatic N) is 1.